The predicted octanol–water partition coefficient (Wildman–Crippen LogP) is 8.27. The molecule has 0 saturated heterocycles. The van der Waals surface area contributed by atoms with Crippen LogP contribution in [0.1, 0.15) is 59.4 Å². The number of hydrogen-bond donors (Lipinski definition) is 2. The molecule has 0 unspecified atom stereocenters. The summed E-state index contributed by atoms with van der Waals surface area (Å²) >= 11 is 0. The summed E-state index contributed by atoms with van der Waals surface area (Å²) in [7, 11) is 0. The van der Waals surface area contributed by atoms with E-state index in [1.165, 1.54) is 12.1 Å². The third kappa shape index (κ3) is 7.29. The summed E-state index contributed by atoms with van der Waals surface area (Å²) in [5, 5.41) is 12.0. The number of halogens is 3. The van der Waals surface area contributed by atoms with Crippen molar-refractivity contribution >= 4 is 22.9 Å². The molecule has 224 valence electrons. The lowest BCUT2D eigenvalue weighted by molar-refractivity contribution is -0.138. The molecule has 0 saturated carbocycles. The molecule has 5 rings (SSSR count). The Balaban J connectivity index is 1.41. The van der Waals surface area contributed by atoms with Gasteiger partial charge in [0.15, 0.2) is 0 Å². The number of aromatic nitrogens is 2. The van der Waals surface area contributed by atoms with Gasteiger partial charge < -0.3 is 10.4 Å². The molecule has 1 aromatic heterocycles. The zero-order valence-corrected chi connectivity index (χ0v) is 23.9. The maximum absolute atomic E-state index is 13.3. The molecule has 5 aromatic rings. The van der Waals surface area contributed by atoms with Gasteiger partial charge in [-0.25, -0.2) is 9.97 Å². The lowest BCUT2D eigenvalue weighted by atomic mass is 10.00. The van der Waals surface area contributed by atoms with E-state index in [-0.39, 0.29) is 18.4 Å². The first-order chi connectivity index (χ1) is 21.1. The van der Waals surface area contributed by atoms with Crippen molar-refractivity contribution in [2.45, 2.75) is 44.8 Å². The van der Waals surface area contributed by atoms with E-state index in [1.54, 1.807) is 18.2 Å². The van der Waals surface area contributed by atoms with Crippen LogP contribution in [0.5, 0.6) is 0 Å². The standard InChI is InChI=1S/C35H30F3N3O3/c1-22(25-10-7-11-26(20-25)23-8-3-2-4-9-23)39-34(44)27-16-19-29-31(21-27)40-30(12-5-6-13-32(42)43)33(41-29)24-14-17-28(18-15-24)35(36,37)38/h2-4,7-11,14-22H,5-6,12-13H2,1H3,(H,39,44)(H,42,43)/t22-/m0/s1. The number of aryl methyl sites for hydroxylation is 1. The number of carboxylic acids is 1. The third-order valence-corrected chi connectivity index (χ3v) is 7.38. The molecule has 1 amide bonds. The predicted molar refractivity (Wildman–Crippen MR) is 163 cm³/mol. The van der Waals surface area contributed by atoms with Crippen LogP contribution in [0.2, 0.25) is 0 Å². The fourth-order valence-electron chi connectivity index (χ4n) is 5.00. The smallest absolute Gasteiger partial charge is 0.416 e. The van der Waals surface area contributed by atoms with Crippen molar-refractivity contribution in [1.82, 2.24) is 15.3 Å². The Labute approximate surface area is 252 Å². The monoisotopic (exact) mass is 597 g/mol. The van der Waals surface area contributed by atoms with Crippen LogP contribution in [-0.4, -0.2) is 27.0 Å². The summed E-state index contributed by atoms with van der Waals surface area (Å²) in [6.45, 7) is 1.91. The normalized spacial score (nSPS) is 12.2. The van der Waals surface area contributed by atoms with Crippen LogP contribution in [0.3, 0.4) is 0 Å². The zero-order chi connectivity index (χ0) is 31.3. The first kappa shape index (κ1) is 30.4. The van der Waals surface area contributed by atoms with Crippen molar-refractivity contribution < 1.29 is 27.9 Å². The summed E-state index contributed by atoms with van der Waals surface area (Å²) in [5.74, 6) is -1.20. The van der Waals surface area contributed by atoms with Crippen molar-refractivity contribution in [3.63, 3.8) is 0 Å². The number of nitrogens with zero attached hydrogens (tertiary/aromatic N) is 2. The highest BCUT2D eigenvalue weighted by Gasteiger charge is 2.30. The zero-order valence-electron chi connectivity index (χ0n) is 23.9. The summed E-state index contributed by atoms with van der Waals surface area (Å²) < 4.78 is 39.4. The Morgan fingerprint density at radius 2 is 1.52 bits per heavy atom. The number of hydrogen-bond acceptors (Lipinski definition) is 4. The molecule has 0 spiro atoms. The summed E-state index contributed by atoms with van der Waals surface area (Å²) in [6, 6.07) is 27.3. The van der Waals surface area contributed by atoms with E-state index >= 15 is 0 Å². The summed E-state index contributed by atoms with van der Waals surface area (Å²) in [6.07, 6.45) is -3.19. The second-order valence-corrected chi connectivity index (χ2v) is 10.6. The number of aliphatic carboxylic acids is 1. The van der Waals surface area contributed by atoms with Crippen molar-refractivity contribution in [2.75, 3.05) is 0 Å². The number of fused-ring (bicyclic) bond motifs is 1. The Hall–Kier alpha value is -5.05. The highest BCUT2D eigenvalue weighted by molar-refractivity contribution is 5.97. The first-order valence-corrected chi connectivity index (χ1v) is 14.2. The van der Waals surface area contributed by atoms with Crippen LogP contribution in [0.4, 0.5) is 13.2 Å². The molecule has 0 radical (unpaired) electrons. The fourth-order valence-corrected chi connectivity index (χ4v) is 5.00. The van der Waals surface area contributed by atoms with E-state index in [2.05, 4.69) is 5.32 Å². The molecule has 1 heterocycles. The van der Waals surface area contributed by atoms with E-state index in [1.807, 2.05) is 61.5 Å². The minimum absolute atomic E-state index is 0.00656. The second kappa shape index (κ2) is 13.1. The molecule has 9 heteroatoms. The highest BCUT2D eigenvalue weighted by Crippen LogP contribution is 2.32. The maximum Gasteiger partial charge on any atom is 0.416 e. The first-order valence-electron chi connectivity index (χ1n) is 14.2. The van der Waals surface area contributed by atoms with Crippen LogP contribution < -0.4 is 5.32 Å². The average Bonchev–Trinajstić information content (AvgIpc) is 3.02. The van der Waals surface area contributed by atoms with E-state index in [4.69, 9.17) is 15.1 Å². The molecule has 4 aromatic carbocycles. The molecule has 0 aliphatic carbocycles. The number of carbonyl (C=O) groups excluding carboxylic acids is 1. The van der Waals surface area contributed by atoms with Gasteiger partial charge in [0.05, 0.1) is 34.0 Å². The van der Waals surface area contributed by atoms with Crippen molar-refractivity contribution in [2.24, 2.45) is 0 Å². The average molecular weight is 598 g/mol. The van der Waals surface area contributed by atoms with Crippen molar-refractivity contribution in [3.05, 3.63) is 119 Å². The highest BCUT2D eigenvalue weighted by atomic mass is 19.4. The van der Waals surface area contributed by atoms with E-state index < -0.39 is 17.7 Å². The molecular formula is C35H30F3N3O3. The van der Waals surface area contributed by atoms with Crippen LogP contribution in [0.25, 0.3) is 33.4 Å². The summed E-state index contributed by atoms with van der Waals surface area (Å²) in [5.41, 5.74) is 5.04. The van der Waals surface area contributed by atoms with Gasteiger partial charge >= 0.3 is 12.1 Å². The van der Waals surface area contributed by atoms with Gasteiger partial charge in [-0.1, -0.05) is 60.7 Å². The van der Waals surface area contributed by atoms with Gasteiger partial charge in [0.2, 0.25) is 0 Å². The SMILES string of the molecule is C[C@H](NC(=O)c1ccc2nc(-c3ccc(C(F)(F)F)cc3)c(CCCCC(=O)O)nc2c1)c1cccc(-c2ccccc2)c1. The minimum atomic E-state index is -4.47. The third-order valence-electron chi connectivity index (χ3n) is 7.38. The molecule has 0 aliphatic heterocycles. The molecule has 44 heavy (non-hydrogen) atoms. The number of rotatable bonds is 10. The van der Waals surface area contributed by atoms with Gasteiger partial charge in [0, 0.05) is 17.5 Å². The summed E-state index contributed by atoms with van der Waals surface area (Å²) in [4.78, 5) is 33.7. The number of benzene rings is 4. The topological polar surface area (TPSA) is 92.2 Å². The Morgan fingerprint density at radius 1 is 0.795 bits per heavy atom. The van der Waals surface area contributed by atoms with E-state index in [0.29, 0.717) is 52.8 Å². The second-order valence-electron chi connectivity index (χ2n) is 10.6. The molecule has 0 fully saturated rings. The van der Waals surface area contributed by atoms with E-state index in [9.17, 15) is 22.8 Å². The largest absolute Gasteiger partial charge is 0.481 e. The Bertz CT molecular complexity index is 1790. The van der Waals surface area contributed by atoms with Crippen LogP contribution >= 0.6 is 0 Å². The van der Waals surface area contributed by atoms with Gasteiger partial charge in [-0.2, -0.15) is 13.2 Å². The van der Waals surface area contributed by atoms with Crippen LogP contribution in [0, 0.1) is 0 Å². The Kier molecular flexibility index (Phi) is 9.04. The lowest BCUT2D eigenvalue weighted by Gasteiger charge is -2.16. The number of nitrogens with one attached hydrogen (secondary N) is 1. The molecule has 0 bridgehead atoms. The van der Waals surface area contributed by atoms with E-state index in [0.717, 1.165) is 28.8 Å². The van der Waals surface area contributed by atoms with Crippen LogP contribution in [-0.2, 0) is 17.4 Å². The van der Waals surface area contributed by atoms with Crippen molar-refractivity contribution in [3.8, 4) is 22.4 Å². The van der Waals surface area contributed by atoms with Gasteiger partial charge in [0.1, 0.15) is 0 Å². The fraction of sp³-hybridized carbons (Fsp3) is 0.200. The number of carboxylic acid groups (broad SMARTS) is 1. The minimum Gasteiger partial charge on any atom is -0.481 e. The molecule has 2 N–H and O–H groups in total. The van der Waals surface area contributed by atoms with Gasteiger partial charge in [-0.3, -0.25) is 9.59 Å². The molecule has 6 nitrogen and oxygen atoms in total. The number of alkyl halides is 3. The lowest BCUT2D eigenvalue weighted by Crippen LogP contribution is -2.26. The van der Waals surface area contributed by atoms with Crippen molar-refractivity contribution in [1.29, 1.82) is 0 Å². The molecule has 1 atom stereocenters. The quantitative estimate of drug-likeness (QED) is 0.158. The Morgan fingerprint density at radius 3 is 2.23 bits per heavy atom. The number of unbranched alkanes of at least 4 members (excludes halogenated alkanes) is 1. The van der Waals surface area contributed by atoms with Crippen LogP contribution in [0.15, 0.2) is 97.1 Å². The van der Waals surface area contributed by atoms with Gasteiger partial charge in [-0.15, -0.1) is 0 Å². The van der Waals surface area contributed by atoms with Gasteiger partial charge in [-0.05, 0) is 79.3 Å². The molecule has 0 aliphatic rings. The van der Waals surface area contributed by atoms with Gasteiger partial charge in [0.25, 0.3) is 5.91 Å². The number of amides is 1. The number of carbonyl (C=O) groups is 2. The maximum atomic E-state index is 13.3. The molecular weight excluding hydrogens is 567 g/mol.